The third-order valence-corrected chi connectivity index (χ3v) is 1.42. The van der Waals surface area contributed by atoms with Gasteiger partial charge in [0, 0.05) is 24.8 Å². The standard InChI is InChI=1S/C8H13N3.2ClH/c1-2-11-7-8(6-10-11)4-3-5-9;;/h3-4,6-7H,2,5,9H2,1H3;2*1H. The molecule has 0 bridgehead atoms. The van der Waals surface area contributed by atoms with Gasteiger partial charge in [-0.15, -0.1) is 24.8 Å². The van der Waals surface area contributed by atoms with Gasteiger partial charge in [-0.05, 0) is 6.92 Å². The summed E-state index contributed by atoms with van der Waals surface area (Å²) in [6.07, 6.45) is 7.71. The van der Waals surface area contributed by atoms with Crippen molar-refractivity contribution < 1.29 is 0 Å². The fraction of sp³-hybridized carbons (Fsp3) is 0.375. The molecule has 0 unspecified atom stereocenters. The Morgan fingerprint density at radius 3 is 2.69 bits per heavy atom. The van der Waals surface area contributed by atoms with Crippen molar-refractivity contribution in [1.82, 2.24) is 9.78 Å². The number of nitrogens with two attached hydrogens (primary N) is 1. The first-order valence-corrected chi connectivity index (χ1v) is 3.76. The highest BCUT2D eigenvalue weighted by molar-refractivity contribution is 5.85. The van der Waals surface area contributed by atoms with E-state index in [1.165, 1.54) is 0 Å². The third kappa shape index (κ3) is 4.93. The summed E-state index contributed by atoms with van der Waals surface area (Å²) in [5, 5.41) is 4.11. The van der Waals surface area contributed by atoms with Gasteiger partial charge in [-0.25, -0.2) is 0 Å². The Morgan fingerprint density at radius 1 is 1.54 bits per heavy atom. The van der Waals surface area contributed by atoms with Gasteiger partial charge in [-0.2, -0.15) is 5.10 Å². The summed E-state index contributed by atoms with van der Waals surface area (Å²) in [4.78, 5) is 0. The molecule has 1 aromatic rings. The molecule has 3 nitrogen and oxygen atoms in total. The molecule has 1 aromatic heterocycles. The lowest BCUT2D eigenvalue weighted by Gasteiger charge is -1.89. The van der Waals surface area contributed by atoms with E-state index in [0.717, 1.165) is 12.1 Å². The number of aromatic nitrogens is 2. The molecular formula is C8H15Cl2N3. The largest absolute Gasteiger partial charge is 0.327 e. The molecule has 0 fully saturated rings. The molecule has 5 heteroatoms. The molecule has 0 aliphatic carbocycles. The van der Waals surface area contributed by atoms with Gasteiger partial charge in [-0.3, -0.25) is 4.68 Å². The molecule has 0 aliphatic heterocycles. The maximum Gasteiger partial charge on any atom is 0.0562 e. The van der Waals surface area contributed by atoms with Crippen LogP contribution in [0.3, 0.4) is 0 Å². The molecule has 0 saturated carbocycles. The smallest absolute Gasteiger partial charge is 0.0562 e. The second-order valence-electron chi connectivity index (χ2n) is 2.27. The highest BCUT2D eigenvalue weighted by Crippen LogP contribution is 1.99. The van der Waals surface area contributed by atoms with Crippen molar-refractivity contribution in [3.8, 4) is 0 Å². The molecule has 0 atom stereocenters. The zero-order valence-electron chi connectivity index (χ0n) is 7.51. The Morgan fingerprint density at radius 2 is 2.23 bits per heavy atom. The lowest BCUT2D eigenvalue weighted by atomic mass is 10.3. The number of hydrogen-bond acceptors (Lipinski definition) is 2. The highest BCUT2D eigenvalue weighted by Gasteiger charge is 1.89. The minimum Gasteiger partial charge on any atom is -0.327 e. The summed E-state index contributed by atoms with van der Waals surface area (Å²) in [5.41, 5.74) is 6.41. The lowest BCUT2D eigenvalue weighted by molar-refractivity contribution is 0.660. The van der Waals surface area contributed by atoms with Gasteiger partial charge in [-0.1, -0.05) is 12.2 Å². The van der Waals surface area contributed by atoms with Crippen LogP contribution >= 0.6 is 24.8 Å². The van der Waals surface area contributed by atoms with Crippen molar-refractivity contribution in [2.45, 2.75) is 13.5 Å². The summed E-state index contributed by atoms with van der Waals surface area (Å²) < 4.78 is 1.89. The van der Waals surface area contributed by atoms with Crippen LogP contribution in [0.4, 0.5) is 0 Å². The number of rotatable bonds is 3. The quantitative estimate of drug-likeness (QED) is 0.849. The van der Waals surface area contributed by atoms with E-state index in [9.17, 15) is 0 Å². The van der Waals surface area contributed by atoms with E-state index >= 15 is 0 Å². The molecule has 76 valence electrons. The van der Waals surface area contributed by atoms with E-state index in [2.05, 4.69) is 12.0 Å². The first kappa shape index (κ1) is 15.0. The van der Waals surface area contributed by atoms with Crippen LogP contribution in [0.15, 0.2) is 18.5 Å². The first-order chi connectivity index (χ1) is 5.36. The van der Waals surface area contributed by atoms with Crippen LogP contribution in [0.5, 0.6) is 0 Å². The number of aryl methyl sites for hydroxylation is 1. The molecule has 0 saturated heterocycles. The summed E-state index contributed by atoms with van der Waals surface area (Å²) in [6, 6.07) is 0. The van der Waals surface area contributed by atoms with Crippen LogP contribution in [0, 0.1) is 0 Å². The van der Waals surface area contributed by atoms with E-state index in [1.807, 2.05) is 29.2 Å². The van der Waals surface area contributed by atoms with Gasteiger partial charge >= 0.3 is 0 Å². The number of nitrogens with zero attached hydrogens (tertiary/aromatic N) is 2. The summed E-state index contributed by atoms with van der Waals surface area (Å²) in [6.45, 7) is 3.55. The van der Waals surface area contributed by atoms with Gasteiger partial charge in [0.15, 0.2) is 0 Å². The average Bonchev–Trinajstić information content (AvgIpc) is 2.48. The van der Waals surface area contributed by atoms with E-state index < -0.39 is 0 Å². The van der Waals surface area contributed by atoms with E-state index in [4.69, 9.17) is 5.73 Å². The minimum atomic E-state index is 0. The predicted octanol–water partition coefficient (Wildman–Crippen LogP) is 1.72. The Labute approximate surface area is 90.8 Å². The van der Waals surface area contributed by atoms with Crippen molar-refractivity contribution in [3.05, 3.63) is 24.0 Å². The van der Waals surface area contributed by atoms with Crippen LogP contribution in [0.25, 0.3) is 6.08 Å². The van der Waals surface area contributed by atoms with E-state index in [0.29, 0.717) is 6.54 Å². The van der Waals surface area contributed by atoms with Crippen molar-refractivity contribution >= 4 is 30.9 Å². The summed E-state index contributed by atoms with van der Waals surface area (Å²) in [7, 11) is 0. The molecule has 2 N–H and O–H groups in total. The zero-order chi connectivity index (χ0) is 8.10. The molecule has 1 rings (SSSR count). The fourth-order valence-corrected chi connectivity index (χ4v) is 0.843. The molecule has 0 aromatic carbocycles. The Kier molecular flexibility index (Phi) is 9.34. The molecule has 0 amide bonds. The van der Waals surface area contributed by atoms with Gasteiger partial charge in [0.25, 0.3) is 0 Å². The topological polar surface area (TPSA) is 43.8 Å². The predicted molar refractivity (Wildman–Crippen MR) is 60.5 cm³/mol. The summed E-state index contributed by atoms with van der Waals surface area (Å²) in [5.74, 6) is 0. The van der Waals surface area contributed by atoms with Crippen LogP contribution in [-0.2, 0) is 6.54 Å². The molecular weight excluding hydrogens is 209 g/mol. The van der Waals surface area contributed by atoms with Crippen molar-refractivity contribution in [2.75, 3.05) is 6.54 Å². The van der Waals surface area contributed by atoms with Crippen molar-refractivity contribution in [2.24, 2.45) is 5.73 Å². The average molecular weight is 224 g/mol. The SMILES string of the molecule is CCn1cc(C=CCN)cn1.Cl.Cl. The Hall–Kier alpha value is -0.510. The van der Waals surface area contributed by atoms with Gasteiger partial charge in [0.2, 0.25) is 0 Å². The maximum atomic E-state index is 5.30. The Bertz CT molecular complexity index is 245. The second kappa shape index (κ2) is 8.10. The Balaban J connectivity index is 0. The van der Waals surface area contributed by atoms with Gasteiger partial charge in [0.1, 0.15) is 0 Å². The monoisotopic (exact) mass is 223 g/mol. The van der Waals surface area contributed by atoms with Crippen LogP contribution in [0.1, 0.15) is 12.5 Å². The molecule has 0 aliphatic rings. The van der Waals surface area contributed by atoms with E-state index in [-0.39, 0.29) is 24.8 Å². The highest BCUT2D eigenvalue weighted by atomic mass is 35.5. The van der Waals surface area contributed by atoms with Crippen LogP contribution in [-0.4, -0.2) is 16.3 Å². The lowest BCUT2D eigenvalue weighted by Crippen LogP contribution is -1.92. The van der Waals surface area contributed by atoms with Crippen molar-refractivity contribution in [3.63, 3.8) is 0 Å². The van der Waals surface area contributed by atoms with Gasteiger partial charge in [0.05, 0.1) is 6.20 Å². The maximum absolute atomic E-state index is 5.30. The second-order valence-corrected chi connectivity index (χ2v) is 2.27. The number of halogens is 2. The zero-order valence-corrected chi connectivity index (χ0v) is 9.14. The molecule has 0 spiro atoms. The van der Waals surface area contributed by atoms with Crippen LogP contribution < -0.4 is 5.73 Å². The fourth-order valence-electron chi connectivity index (χ4n) is 0.843. The first-order valence-electron chi connectivity index (χ1n) is 3.76. The van der Waals surface area contributed by atoms with Crippen LogP contribution in [0.2, 0.25) is 0 Å². The third-order valence-electron chi connectivity index (χ3n) is 1.42. The summed E-state index contributed by atoms with van der Waals surface area (Å²) >= 11 is 0. The normalized spacial score (nSPS) is 9.38. The minimum absolute atomic E-state index is 0. The van der Waals surface area contributed by atoms with E-state index in [1.54, 1.807) is 0 Å². The van der Waals surface area contributed by atoms with Crippen molar-refractivity contribution in [1.29, 1.82) is 0 Å². The molecule has 1 heterocycles. The molecule has 0 radical (unpaired) electrons. The number of hydrogen-bond donors (Lipinski definition) is 1. The van der Waals surface area contributed by atoms with Gasteiger partial charge < -0.3 is 5.73 Å². The molecule has 13 heavy (non-hydrogen) atoms.